The molecule has 1 aromatic rings. The summed E-state index contributed by atoms with van der Waals surface area (Å²) in [7, 11) is -3.59. The van der Waals surface area contributed by atoms with Crippen LogP contribution in [0.15, 0.2) is 29.2 Å². The predicted octanol–water partition coefficient (Wildman–Crippen LogP) is 2.18. The molecule has 0 unspecified atom stereocenters. The maximum atomic E-state index is 11.1. The number of primary sulfonamides is 1. The average molecular weight is 268 g/mol. The number of nitrogens with two attached hydrogens (primary N) is 1. The van der Waals surface area contributed by atoms with Gasteiger partial charge in [-0.25, -0.2) is 13.6 Å². The van der Waals surface area contributed by atoms with E-state index in [1.807, 2.05) is 0 Å². The van der Waals surface area contributed by atoms with Gasteiger partial charge >= 0.3 is 0 Å². The van der Waals surface area contributed by atoms with Crippen molar-refractivity contribution >= 4 is 15.7 Å². The van der Waals surface area contributed by atoms with Crippen LogP contribution in [-0.4, -0.2) is 15.0 Å². The Kier molecular flexibility index (Phi) is 3.38. The summed E-state index contributed by atoms with van der Waals surface area (Å²) in [6.07, 6.45) is 2.54. The molecule has 1 saturated carbocycles. The highest BCUT2D eigenvalue weighted by Gasteiger charge is 2.44. The van der Waals surface area contributed by atoms with Crippen LogP contribution in [0.2, 0.25) is 0 Å². The summed E-state index contributed by atoms with van der Waals surface area (Å²) in [6, 6.07) is 6.59. The Labute approximate surface area is 109 Å². The summed E-state index contributed by atoms with van der Waals surface area (Å²) >= 11 is 0. The van der Waals surface area contributed by atoms with E-state index in [0.29, 0.717) is 11.3 Å². The molecule has 1 fully saturated rings. The van der Waals surface area contributed by atoms with Gasteiger partial charge in [-0.05, 0) is 48.4 Å². The van der Waals surface area contributed by atoms with Crippen molar-refractivity contribution in [2.45, 2.75) is 31.6 Å². The lowest BCUT2D eigenvalue weighted by Crippen LogP contribution is -2.20. The SMILES string of the molecule is CC(C)C1(CNc2ccc(S(N)(=O)=O)cc2)CC1. The van der Waals surface area contributed by atoms with Crippen LogP contribution >= 0.6 is 0 Å². The van der Waals surface area contributed by atoms with E-state index in [1.54, 1.807) is 12.1 Å². The van der Waals surface area contributed by atoms with Gasteiger partial charge in [-0.1, -0.05) is 13.8 Å². The second-order valence-electron chi connectivity index (χ2n) is 5.44. The molecule has 18 heavy (non-hydrogen) atoms. The summed E-state index contributed by atoms with van der Waals surface area (Å²) in [4.78, 5) is 0.151. The third-order valence-electron chi connectivity index (χ3n) is 3.94. The molecule has 0 amide bonds. The molecule has 2 rings (SSSR count). The molecule has 0 aromatic heterocycles. The molecule has 0 bridgehead atoms. The topological polar surface area (TPSA) is 72.2 Å². The largest absolute Gasteiger partial charge is 0.384 e. The highest BCUT2D eigenvalue weighted by atomic mass is 32.2. The van der Waals surface area contributed by atoms with Crippen molar-refractivity contribution < 1.29 is 8.42 Å². The molecule has 3 N–H and O–H groups in total. The van der Waals surface area contributed by atoms with Crippen LogP contribution in [0.3, 0.4) is 0 Å². The third-order valence-corrected chi connectivity index (χ3v) is 4.87. The number of nitrogens with one attached hydrogen (secondary N) is 1. The molecule has 0 radical (unpaired) electrons. The van der Waals surface area contributed by atoms with E-state index in [0.717, 1.165) is 12.2 Å². The van der Waals surface area contributed by atoms with E-state index in [1.165, 1.54) is 25.0 Å². The minimum absolute atomic E-state index is 0.151. The van der Waals surface area contributed by atoms with E-state index in [-0.39, 0.29) is 4.90 Å². The van der Waals surface area contributed by atoms with Crippen LogP contribution in [0.4, 0.5) is 5.69 Å². The molecule has 1 aromatic carbocycles. The van der Waals surface area contributed by atoms with Gasteiger partial charge in [0.1, 0.15) is 0 Å². The first-order valence-corrected chi connectivity index (χ1v) is 7.75. The lowest BCUT2D eigenvalue weighted by molar-refractivity contribution is 0.380. The molecule has 5 heteroatoms. The van der Waals surface area contributed by atoms with Gasteiger partial charge in [0.2, 0.25) is 10.0 Å². The first-order valence-electron chi connectivity index (χ1n) is 6.20. The van der Waals surface area contributed by atoms with E-state index < -0.39 is 10.0 Å². The van der Waals surface area contributed by atoms with Gasteiger partial charge in [0.25, 0.3) is 0 Å². The summed E-state index contributed by atoms with van der Waals surface area (Å²) in [5, 5.41) is 8.42. The van der Waals surface area contributed by atoms with E-state index in [9.17, 15) is 8.42 Å². The first kappa shape index (κ1) is 13.4. The zero-order valence-corrected chi connectivity index (χ0v) is 11.6. The number of sulfonamides is 1. The molecule has 1 aliphatic rings. The van der Waals surface area contributed by atoms with Crippen molar-refractivity contribution in [3.63, 3.8) is 0 Å². The number of hydrogen-bond acceptors (Lipinski definition) is 3. The minimum atomic E-state index is -3.59. The molecule has 0 aliphatic heterocycles. The Morgan fingerprint density at radius 1 is 1.28 bits per heavy atom. The minimum Gasteiger partial charge on any atom is -0.384 e. The summed E-state index contributed by atoms with van der Waals surface area (Å²) in [6.45, 7) is 5.44. The summed E-state index contributed by atoms with van der Waals surface area (Å²) in [5.74, 6) is 0.675. The van der Waals surface area contributed by atoms with Gasteiger partial charge in [0.05, 0.1) is 4.90 Å². The normalized spacial score (nSPS) is 17.8. The van der Waals surface area contributed by atoms with Crippen LogP contribution in [0.1, 0.15) is 26.7 Å². The Hall–Kier alpha value is -1.07. The molecular formula is C13H20N2O2S. The Balaban J connectivity index is 1.99. The summed E-state index contributed by atoms with van der Waals surface area (Å²) in [5.41, 5.74) is 1.37. The van der Waals surface area contributed by atoms with Crippen LogP contribution in [0.5, 0.6) is 0 Å². The Morgan fingerprint density at radius 2 is 1.83 bits per heavy atom. The van der Waals surface area contributed by atoms with E-state index >= 15 is 0 Å². The monoisotopic (exact) mass is 268 g/mol. The zero-order valence-electron chi connectivity index (χ0n) is 10.8. The molecule has 0 heterocycles. The van der Waals surface area contributed by atoms with Crippen molar-refractivity contribution in [2.75, 3.05) is 11.9 Å². The van der Waals surface area contributed by atoms with Crippen LogP contribution in [0.25, 0.3) is 0 Å². The molecule has 0 spiro atoms. The molecule has 4 nitrogen and oxygen atoms in total. The lowest BCUT2D eigenvalue weighted by Gasteiger charge is -2.20. The van der Waals surface area contributed by atoms with Crippen molar-refractivity contribution in [2.24, 2.45) is 16.5 Å². The van der Waals surface area contributed by atoms with Gasteiger partial charge in [-0.3, -0.25) is 0 Å². The number of benzene rings is 1. The van der Waals surface area contributed by atoms with Crippen LogP contribution in [-0.2, 0) is 10.0 Å². The predicted molar refractivity (Wildman–Crippen MR) is 72.8 cm³/mol. The van der Waals surface area contributed by atoms with E-state index in [4.69, 9.17) is 5.14 Å². The highest BCUT2D eigenvalue weighted by Crippen LogP contribution is 2.51. The van der Waals surface area contributed by atoms with Crippen molar-refractivity contribution in [3.8, 4) is 0 Å². The van der Waals surface area contributed by atoms with Gasteiger partial charge in [0, 0.05) is 12.2 Å². The van der Waals surface area contributed by atoms with E-state index in [2.05, 4.69) is 19.2 Å². The lowest BCUT2D eigenvalue weighted by atomic mass is 9.92. The van der Waals surface area contributed by atoms with Gasteiger partial charge < -0.3 is 5.32 Å². The quantitative estimate of drug-likeness (QED) is 0.859. The van der Waals surface area contributed by atoms with Crippen molar-refractivity contribution in [1.29, 1.82) is 0 Å². The highest BCUT2D eigenvalue weighted by molar-refractivity contribution is 7.89. The molecule has 1 aliphatic carbocycles. The smallest absolute Gasteiger partial charge is 0.238 e. The van der Waals surface area contributed by atoms with Gasteiger partial charge in [-0.15, -0.1) is 0 Å². The fourth-order valence-electron chi connectivity index (χ4n) is 2.16. The fraction of sp³-hybridized carbons (Fsp3) is 0.538. The number of rotatable bonds is 5. The molecule has 0 saturated heterocycles. The standard InChI is InChI=1S/C13H20N2O2S/c1-10(2)13(7-8-13)9-15-11-3-5-12(6-4-11)18(14,16)17/h3-6,10,15H,7-9H2,1-2H3,(H2,14,16,17). The number of anilines is 1. The second kappa shape index (κ2) is 4.55. The molecule has 0 atom stereocenters. The van der Waals surface area contributed by atoms with Gasteiger partial charge in [-0.2, -0.15) is 0 Å². The molecular weight excluding hydrogens is 248 g/mol. The molecule has 100 valence electrons. The first-order chi connectivity index (χ1) is 8.33. The Bertz CT molecular complexity index is 516. The third kappa shape index (κ3) is 2.84. The maximum absolute atomic E-state index is 11.1. The maximum Gasteiger partial charge on any atom is 0.238 e. The second-order valence-corrected chi connectivity index (χ2v) is 7.00. The van der Waals surface area contributed by atoms with Gasteiger partial charge in [0.15, 0.2) is 0 Å². The van der Waals surface area contributed by atoms with Crippen molar-refractivity contribution in [1.82, 2.24) is 0 Å². The fourth-order valence-corrected chi connectivity index (χ4v) is 2.67. The number of hydrogen-bond donors (Lipinski definition) is 2. The zero-order chi connectivity index (χ0) is 13.4. The van der Waals surface area contributed by atoms with Crippen molar-refractivity contribution in [3.05, 3.63) is 24.3 Å². The average Bonchev–Trinajstić information content (AvgIpc) is 3.07. The van der Waals surface area contributed by atoms with Crippen LogP contribution in [0, 0.1) is 11.3 Å². The van der Waals surface area contributed by atoms with Crippen LogP contribution < -0.4 is 10.5 Å². The summed E-state index contributed by atoms with van der Waals surface area (Å²) < 4.78 is 22.2. The Morgan fingerprint density at radius 3 is 2.22 bits per heavy atom.